The summed E-state index contributed by atoms with van der Waals surface area (Å²) in [4.78, 5) is 68.8. The van der Waals surface area contributed by atoms with Crippen molar-refractivity contribution in [3.8, 4) is 23.1 Å². The van der Waals surface area contributed by atoms with Crippen LogP contribution in [0.15, 0.2) is 42.6 Å². The van der Waals surface area contributed by atoms with E-state index in [0.717, 1.165) is 28.5 Å². The minimum Gasteiger partial charge on any atom is -0.453 e. The molecule has 0 saturated carbocycles. The van der Waals surface area contributed by atoms with E-state index in [-0.39, 0.29) is 36.2 Å². The summed E-state index contributed by atoms with van der Waals surface area (Å²) in [5.41, 5.74) is 0.474. The highest BCUT2D eigenvalue weighted by Gasteiger charge is 2.42. The SMILES string of the molecule is COC(=O)N[C@H](C(=O)N1CCC[C@H]1c1ncc(-c2ccc3cc(C#Cc4[nH]c([C@@H]5CCCN5C(=O)[C@@H](NC(=O)OC)C(C)C)nc4C(F)(F)F)ccc3c2)[nH]1)C(C)C. The summed E-state index contributed by atoms with van der Waals surface area (Å²) in [7, 11) is 2.44. The number of aromatic amines is 2. The molecule has 0 unspecified atom stereocenters. The summed E-state index contributed by atoms with van der Waals surface area (Å²) in [5.74, 6) is 4.98. The van der Waals surface area contributed by atoms with Gasteiger partial charge in [-0.1, -0.05) is 51.8 Å². The van der Waals surface area contributed by atoms with Gasteiger partial charge in [0.1, 0.15) is 29.4 Å². The highest BCUT2D eigenvalue weighted by Crippen LogP contribution is 2.37. The number of H-pyrrole nitrogens is 2. The molecule has 2 fully saturated rings. The van der Waals surface area contributed by atoms with Gasteiger partial charge in [-0.2, -0.15) is 13.2 Å². The number of aromatic nitrogens is 4. The van der Waals surface area contributed by atoms with Crippen molar-refractivity contribution >= 4 is 34.8 Å². The average Bonchev–Trinajstić information content (AvgIpc) is 4.03. The lowest BCUT2D eigenvalue weighted by molar-refractivity contribution is -0.141. The predicted molar refractivity (Wildman–Crippen MR) is 207 cm³/mol. The van der Waals surface area contributed by atoms with Crippen molar-refractivity contribution in [3.05, 3.63) is 71.2 Å². The Kier molecular flexibility index (Phi) is 12.3. The molecule has 2 aliphatic heterocycles. The molecule has 4 heterocycles. The van der Waals surface area contributed by atoms with Crippen LogP contribution < -0.4 is 10.6 Å². The zero-order valence-electron chi connectivity index (χ0n) is 33.1. The summed E-state index contributed by atoms with van der Waals surface area (Å²) in [6, 6.07) is 8.32. The molecule has 4 atom stereocenters. The second-order valence-electron chi connectivity index (χ2n) is 15.1. The van der Waals surface area contributed by atoms with E-state index >= 15 is 0 Å². The van der Waals surface area contributed by atoms with E-state index < -0.39 is 53.8 Å². The molecule has 0 spiro atoms. The van der Waals surface area contributed by atoms with Gasteiger partial charge in [0.05, 0.1) is 38.2 Å². The molecule has 308 valence electrons. The molecule has 0 bridgehead atoms. The van der Waals surface area contributed by atoms with E-state index in [1.54, 1.807) is 37.1 Å². The molecule has 4 N–H and O–H groups in total. The molecule has 17 heteroatoms. The first-order valence-electron chi connectivity index (χ1n) is 19.2. The lowest BCUT2D eigenvalue weighted by Gasteiger charge is -2.30. The van der Waals surface area contributed by atoms with Crippen LogP contribution in [0.3, 0.4) is 0 Å². The van der Waals surface area contributed by atoms with Crippen molar-refractivity contribution in [2.45, 2.75) is 83.7 Å². The van der Waals surface area contributed by atoms with Gasteiger partial charge in [0, 0.05) is 24.2 Å². The minimum absolute atomic E-state index is 0.0291. The van der Waals surface area contributed by atoms with Crippen molar-refractivity contribution < 1.29 is 41.8 Å². The molecule has 58 heavy (non-hydrogen) atoms. The Morgan fingerprint density at radius 2 is 1.34 bits per heavy atom. The number of rotatable bonds is 9. The van der Waals surface area contributed by atoms with E-state index in [9.17, 15) is 32.3 Å². The number of carbonyl (C=O) groups is 4. The largest absolute Gasteiger partial charge is 0.453 e. The molecule has 0 aliphatic carbocycles. The van der Waals surface area contributed by atoms with Crippen LogP contribution in [0.1, 0.15) is 94.1 Å². The number of carbonyl (C=O) groups excluding carboxylic acids is 4. The quantitative estimate of drug-likeness (QED) is 0.140. The Morgan fingerprint density at radius 1 is 0.793 bits per heavy atom. The Labute approximate surface area is 333 Å². The molecular weight excluding hydrogens is 757 g/mol. The molecule has 6 rings (SSSR count). The first kappa shape index (κ1) is 41.6. The number of nitrogens with zero attached hydrogens (tertiary/aromatic N) is 4. The summed E-state index contributed by atoms with van der Waals surface area (Å²) in [5, 5.41) is 6.85. The summed E-state index contributed by atoms with van der Waals surface area (Å²) in [6.45, 7) is 8.04. The van der Waals surface area contributed by atoms with Gasteiger partial charge in [-0.15, -0.1) is 0 Å². The van der Waals surface area contributed by atoms with Crippen molar-refractivity contribution in [1.82, 2.24) is 40.4 Å². The highest BCUT2D eigenvalue weighted by molar-refractivity contribution is 5.89. The number of ether oxygens (including phenoxy) is 2. The van der Waals surface area contributed by atoms with Gasteiger partial charge in [0.15, 0.2) is 5.69 Å². The molecule has 4 aromatic rings. The second-order valence-corrected chi connectivity index (χ2v) is 15.1. The van der Waals surface area contributed by atoms with Crippen molar-refractivity contribution in [2.24, 2.45) is 11.8 Å². The number of alkyl halides is 3. The lowest BCUT2D eigenvalue weighted by Crippen LogP contribution is -2.51. The van der Waals surface area contributed by atoms with E-state index in [1.165, 1.54) is 19.1 Å². The fraction of sp³-hybridized carbons (Fsp3) is 0.463. The topological polar surface area (TPSA) is 175 Å². The van der Waals surface area contributed by atoms with Crippen LogP contribution in [-0.4, -0.2) is 93.1 Å². The molecule has 2 aromatic carbocycles. The standard InChI is InChI=1S/C41H47F3N8O6/c1-22(2)32(48-39(55)57-5)37(53)51-17-7-9-30(51)35-45-21-29(47-35)27-15-14-25-19-24(11-13-26(25)20-27)12-16-28-34(41(42,43)44)50-36(46-28)31-10-8-18-52(31)38(54)33(23(3)4)49-40(56)58-6/h11,13-15,19-23,30-33H,7-10,17-18H2,1-6H3,(H,45,47)(H,46,50)(H,48,55)(H,49,56)/t30-,31-,32-,33-/m0/s1. The Bertz CT molecular complexity index is 2240. The van der Waals surface area contributed by atoms with Crippen LogP contribution in [0.25, 0.3) is 22.0 Å². The summed E-state index contributed by atoms with van der Waals surface area (Å²) >= 11 is 0. The normalized spacial score (nSPS) is 17.9. The average molecular weight is 805 g/mol. The fourth-order valence-corrected chi connectivity index (χ4v) is 7.51. The zero-order valence-corrected chi connectivity index (χ0v) is 33.1. The maximum atomic E-state index is 14.3. The first-order chi connectivity index (χ1) is 27.6. The summed E-state index contributed by atoms with van der Waals surface area (Å²) < 4.78 is 52.2. The van der Waals surface area contributed by atoms with Crippen LogP contribution in [0, 0.1) is 23.7 Å². The first-order valence-corrected chi connectivity index (χ1v) is 19.2. The summed E-state index contributed by atoms with van der Waals surface area (Å²) in [6.07, 6.45) is -2.14. The van der Waals surface area contributed by atoms with Gasteiger partial charge in [0.25, 0.3) is 0 Å². The van der Waals surface area contributed by atoms with Gasteiger partial charge in [-0.3, -0.25) is 9.59 Å². The van der Waals surface area contributed by atoms with Crippen molar-refractivity contribution in [3.63, 3.8) is 0 Å². The van der Waals surface area contributed by atoms with E-state index in [2.05, 4.69) is 47.1 Å². The Hall–Kier alpha value is -6.05. The van der Waals surface area contributed by atoms with Crippen LogP contribution in [0.2, 0.25) is 0 Å². The number of hydrogen-bond acceptors (Lipinski definition) is 8. The predicted octanol–water partition coefficient (Wildman–Crippen LogP) is 6.46. The van der Waals surface area contributed by atoms with Gasteiger partial charge in [0.2, 0.25) is 11.8 Å². The molecule has 2 saturated heterocycles. The van der Waals surface area contributed by atoms with Gasteiger partial charge in [-0.25, -0.2) is 19.6 Å². The molecule has 14 nitrogen and oxygen atoms in total. The molecular formula is C41H47F3N8O6. The highest BCUT2D eigenvalue weighted by atomic mass is 19.4. The van der Waals surface area contributed by atoms with Gasteiger partial charge >= 0.3 is 18.4 Å². The van der Waals surface area contributed by atoms with E-state index in [4.69, 9.17) is 4.74 Å². The molecule has 2 aliphatic rings. The third-order valence-corrected chi connectivity index (χ3v) is 10.6. The Balaban J connectivity index is 1.20. The maximum Gasteiger partial charge on any atom is 0.436 e. The van der Waals surface area contributed by atoms with Crippen LogP contribution >= 0.6 is 0 Å². The van der Waals surface area contributed by atoms with E-state index in [1.807, 2.05) is 38.1 Å². The zero-order chi connectivity index (χ0) is 41.9. The van der Waals surface area contributed by atoms with Crippen LogP contribution in [-0.2, 0) is 25.2 Å². The maximum absolute atomic E-state index is 14.3. The fourth-order valence-electron chi connectivity index (χ4n) is 7.51. The third-order valence-electron chi connectivity index (χ3n) is 10.6. The van der Waals surface area contributed by atoms with E-state index in [0.29, 0.717) is 37.2 Å². The molecule has 4 amide bonds. The lowest BCUT2D eigenvalue weighted by atomic mass is 10.0. The number of fused-ring (bicyclic) bond motifs is 1. The van der Waals surface area contributed by atoms with Gasteiger partial charge < -0.3 is 39.9 Å². The number of likely N-dealkylation sites (tertiary alicyclic amines) is 2. The second kappa shape index (κ2) is 17.2. The van der Waals surface area contributed by atoms with Crippen molar-refractivity contribution in [1.29, 1.82) is 0 Å². The van der Waals surface area contributed by atoms with Crippen LogP contribution in [0.4, 0.5) is 22.8 Å². The molecule has 0 radical (unpaired) electrons. The number of methoxy groups -OCH3 is 2. The number of halogens is 3. The number of amides is 4. The van der Waals surface area contributed by atoms with Crippen molar-refractivity contribution in [2.75, 3.05) is 27.3 Å². The third kappa shape index (κ3) is 8.90. The van der Waals surface area contributed by atoms with Crippen LogP contribution in [0.5, 0.6) is 0 Å². The Morgan fingerprint density at radius 3 is 1.90 bits per heavy atom. The van der Waals surface area contributed by atoms with Gasteiger partial charge in [-0.05, 0) is 72.4 Å². The number of hydrogen-bond donors (Lipinski definition) is 4. The number of alkyl carbamates (subject to hydrolysis) is 2. The molecule has 2 aromatic heterocycles. The number of benzene rings is 2. The number of imidazole rings is 2. The number of nitrogens with one attached hydrogen (secondary N) is 4. The minimum atomic E-state index is -4.81. The monoisotopic (exact) mass is 804 g/mol. The smallest absolute Gasteiger partial charge is 0.436 e.